The van der Waals surface area contributed by atoms with Gasteiger partial charge in [-0.1, -0.05) is 12.1 Å². The normalized spacial score (nSPS) is 22.2. The molecular weight excluding hydrogens is 224 g/mol. The Morgan fingerprint density at radius 2 is 2.11 bits per heavy atom. The minimum Gasteiger partial charge on any atom is -0.495 e. The molecule has 1 unspecified atom stereocenters. The number of rotatable bonds is 4. The van der Waals surface area contributed by atoms with Crippen LogP contribution in [-0.2, 0) is 0 Å². The molecule has 3 nitrogen and oxygen atoms in total. The predicted molar refractivity (Wildman–Crippen MR) is 76.5 cm³/mol. The third-order valence-corrected chi connectivity index (χ3v) is 3.83. The molecule has 1 atom stereocenters. The number of para-hydroxylation sites is 2. The van der Waals surface area contributed by atoms with Crippen molar-refractivity contribution in [1.29, 1.82) is 0 Å². The Kier molecular flexibility index (Phi) is 3.81. The summed E-state index contributed by atoms with van der Waals surface area (Å²) in [5, 5.41) is 3.29. The number of anilines is 1. The molecule has 0 aliphatic carbocycles. The van der Waals surface area contributed by atoms with Gasteiger partial charge in [-0.2, -0.15) is 0 Å². The summed E-state index contributed by atoms with van der Waals surface area (Å²) in [6.45, 7) is 6.80. The molecule has 1 aromatic carbocycles. The Labute approximate surface area is 110 Å². The van der Waals surface area contributed by atoms with Gasteiger partial charge in [-0.25, -0.2) is 0 Å². The van der Waals surface area contributed by atoms with Gasteiger partial charge in [-0.05, 0) is 51.9 Å². The van der Waals surface area contributed by atoms with Crippen molar-refractivity contribution in [2.24, 2.45) is 5.92 Å². The van der Waals surface area contributed by atoms with E-state index in [1.165, 1.54) is 12.1 Å². The molecule has 0 aromatic heterocycles. The molecule has 18 heavy (non-hydrogen) atoms. The van der Waals surface area contributed by atoms with Crippen LogP contribution < -0.4 is 15.0 Å². The zero-order valence-electron chi connectivity index (χ0n) is 11.9. The molecule has 1 N–H and O–H groups in total. The first-order valence-electron chi connectivity index (χ1n) is 6.64. The fourth-order valence-corrected chi connectivity index (χ4v) is 3.09. The van der Waals surface area contributed by atoms with E-state index in [4.69, 9.17) is 4.74 Å². The number of hydrogen-bond donors (Lipinski definition) is 1. The summed E-state index contributed by atoms with van der Waals surface area (Å²) in [5.74, 6) is 1.67. The largest absolute Gasteiger partial charge is 0.495 e. The van der Waals surface area contributed by atoms with Crippen molar-refractivity contribution in [3.05, 3.63) is 24.3 Å². The fourth-order valence-electron chi connectivity index (χ4n) is 3.09. The van der Waals surface area contributed by atoms with Gasteiger partial charge in [-0.15, -0.1) is 0 Å². The van der Waals surface area contributed by atoms with Crippen molar-refractivity contribution in [3.63, 3.8) is 0 Å². The lowest BCUT2D eigenvalue weighted by molar-refractivity contribution is 0.409. The third-order valence-electron chi connectivity index (χ3n) is 3.83. The van der Waals surface area contributed by atoms with Crippen LogP contribution in [0.3, 0.4) is 0 Å². The first-order valence-corrected chi connectivity index (χ1v) is 6.64. The minimum absolute atomic E-state index is 0.191. The molecule has 0 spiro atoms. The molecule has 1 saturated heterocycles. The Balaban J connectivity index is 2.26. The first-order chi connectivity index (χ1) is 8.58. The lowest BCUT2D eigenvalue weighted by atomic mass is 9.96. The molecule has 0 radical (unpaired) electrons. The molecular formula is C15H24N2O. The molecule has 0 saturated carbocycles. The molecule has 100 valence electrons. The maximum absolute atomic E-state index is 5.49. The lowest BCUT2D eigenvalue weighted by Crippen LogP contribution is -2.38. The van der Waals surface area contributed by atoms with Crippen molar-refractivity contribution in [3.8, 4) is 5.75 Å². The van der Waals surface area contributed by atoms with E-state index in [1.807, 2.05) is 19.2 Å². The van der Waals surface area contributed by atoms with Crippen LogP contribution in [-0.4, -0.2) is 32.8 Å². The molecule has 2 rings (SSSR count). The Morgan fingerprint density at radius 3 is 2.78 bits per heavy atom. The second-order valence-electron chi connectivity index (χ2n) is 5.72. The highest BCUT2D eigenvalue weighted by Crippen LogP contribution is 2.40. The van der Waals surface area contributed by atoms with Crippen LogP contribution in [0.1, 0.15) is 20.3 Å². The summed E-state index contributed by atoms with van der Waals surface area (Å²) < 4.78 is 5.49. The zero-order chi connectivity index (χ0) is 13.2. The number of methoxy groups -OCH3 is 1. The number of nitrogens with one attached hydrogen (secondary N) is 1. The van der Waals surface area contributed by atoms with Crippen molar-refractivity contribution >= 4 is 5.69 Å². The van der Waals surface area contributed by atoms with Crippen LogP contribution in [0.5, 0.6) is 5.75 Å². The van der Waals surface area contributed by atoms with Gasteiger partial charge in [0, 0.05) is 12.1 Å². The molecule has 0 bridgehead atoms. The van der Waals surface area contributed by atoms with Gasteiger partial charge >= 0.3 is 0 Å². The Bertz CT molecular complexity index is 403. The van der Waals surface area contributed by atoms with E-state index in [-0.39, 0.29) is 5.54 Å². The quantitative estimate of drug-likeness (QED) is 0.886. The standard InChI is InChI=1S/C15H24N2O/c1-15(2)9-12(10-16-3)11-17(15)13-7-5-6-8-14(13)18-4/h5-8,12,16H,9-11H2,1-4H3. The van der Waals surface area contributed by atoms with Gasteiger partial charge in [0.1, 0.15) is 5.75 Å². The molecule has 0 amide bonds. The first kappa shape index (κ1) is 13.2. The molecule has 1 fully saturated rings. The second kappa shape index (κ2) is 5.19. The average molecular weight is 248 g/mol. The summed E-state index contributed by atoms with van der Waals surface area (Å²) in [7, 11) is 3.77. The topological polar surface area (TPSA) is 24.5 Å². The maximum Gasteiger partial charge on any atom is 0.142 e. The fraction of sp³-hybridized carbons (Fsp3) is 0.600. The highest BCUT2D eigenvalue weighted by Gasteiger charge is 2.38. The van der Waals surface area contributed by atoms with E-state index in [1.54, 1.807) is 7.11 Å². The van der Waals surface area contributed by atoms with Crippen LogP contribution in [0.4, 0.5) is 5.69 Å². The summed E-state index contributed by atoms with van der Waals surface area (Å²) in [6, 6.07) is 8.30. The highest BCUT2D eigenvalue weighted by atomic mass is 16.5. The predicted octanol–water partition coefficient (Wildman–Crippen LogP) is 2.52. The Hall–Kier alpha value is -1.22. The van der Waals surface area contributed by atoms with Gasteiger partial charge in [0.05, 0.1) is 12.8 Å². The van der Waals surface area contributed by atoms with E-state index in [0.29, 0.717) is 5.92 Å². The van der Waals surface area contributed by atoms with Crippen molar-refractivity contribution in [2.45, 2.75) is 25.8 Å². The van der Waals surface area contributed by atoms with E-state index in [2.05, 4.69) is 36.2 Å². The zero-order valence-corrected chi connectivity index (χ0v) is 11.9. The number of hydrogen-bond acceptors (Lipinski definition) is 3. The summed E-state index contributed by atoms with van der Waals surface area (Å²) in [5.41, 5.74) is 1.40. The molecule has 1 aliphatic heterocycles. The van der Waals surface area contributed by atoms with Gasteiger partial charge < -0.3 is 15.0 Å². The molecule has 1 heterocycles. The average Bonchev–Trinajstić information content (AvgIpc) is 2.64. The van der Waals surface area contributed by atoms with E-state index in [9.17, 15) is 0 Å². The van der Waals surface area contributed by atoms with E-state index < -0.39 is 0 Å². The maximum atomic E-state index is 5.49. The van der Waals surface area contributed by atoms with Crippen LogP contribution in [0, 0.1) is 5.92 Å². The SMILES string of the molecule is CNCC1CN(c2ccccc2OC)C(C)(C)C1. The van der Waals surface area contributed by atoms with Gasteiger partial charge in [0.2, 0.25) is 0 Å². The van der Waals surface area contributed by atoms with Crippen LogP contribution in [0.2, 0.25) is 0 Å². The van der Waals surface area contributed by atoms with Crippen molar-refractivity contribution < 1.29 is 4.74 Å². The van der Waals surface area contributed by atoms with Crippen molar-refractivity contribution in [2.75, 3.05) is 32.1 Å². The lowest BCUT2D eigenvalue weighted by Gasteiger charge is -2.34. The highest BCUT2D eigenvalue weighted by molar-refractivity contribution is 5.60. The van der Waals surface area contributed by atoms with Crippen molar-refractivity contribution in [1.82, 2.24) is 5.32 Å². The molecule has 1 aromatic rings. The number of benzene rings is 1. The van der Waals surface area contributed by atoms with Gasteiger partial charge in [-0.3, -0.25) is 0 Å². The summed E-state index contributed by atoms with van der Waals surface area (Å²) >= 11 is 0. The number of nitrogens with zero attached hydrogens (tertiary/aromatic N) is 1. The summed E-state index contributed by atoms with van der Waals surface area (Å²) in [6.07, 6.45) is 1.21. The minimum atomic E-state index is 0.191. The number of ether oxygens (including phenoxy) is 1. The van der Waals surface area contributed by atoms with E-state index >= 15 is 0 Å². The van der Waals surface area contributed by atoms with Crippen LogP contribution in [0.15, 0.2) is 24.3 Å². The van der Waals surface area contributed by atoms with E-state index in [0.717, 1.165) is 18.8 Å². The van der Waals surface area contributed by atoms with Gasteiger partial charge in [0.15, 0.2) is 0 Å². The smallest absolute Gasteiger partial charge is 0.142 e. The molecule has 3 heteroatoms. The Morgan fingerprint density at radius 1 is 1.39 bits per heavy atom. The van der Waals surface area contributed by atoms with Crippen LogP contribution in [0.25, 0.3) is 0 Å². The summed E-state index contributed by atoms with van der Waals surface area (Å²) in [4.78, 5) is 2.48. The third kappa shape index (κ3) is 2.46. The monoisotopic (exact) mass is 248 g/mol. The second-order valence-corrected chi connectivity index (χ2v) is 5.72. The molecule has 1 aliphatic rings. The van der Waals surface area contributed by atoms with Gasteiger partial charge in [0.25, 0.3) is 0 Å². The van der Waals surface area contributed by atoms with Crippen LogP contribution >= 0.6 is 0 Å².